The lowest BCUT2D eigenvalue weighted by Crippen LogP contribution is -2.47. The van der Waals surface area contributed by atoms with Gasteiger partial charge >= 0.3 is 18.1 Å². The maximum Gasteiger partial charge on any atom is 0.453 e. The van der Waals surface area contributed by atoms with Crippen LogP contribution < -0.4 is 0 Å². The van der Waals surface area contributed by atoms with Crippen LogP contribution in [0.1, 0.15) is 32.1 Å². The van der Waals surface area contributed by atoms with E-state index < -0.39 is 36.0 Å². The topological polar surface area (TPSA) is 57.5 Å². The Hall–Kier alpha value is -0.920. The first-order valence-electron chi connectivity index (χ1n) is 5.36. The Bertz CT molecular complexity index is 318. The lowest BCUT2D eigenvalue weighted by atomic mass is 9.69. The van der Waals surface area contributed by atoms with Gasteiger partial charge in [0.1, 0.15) is 0 Å². The maximum absolute atomic E-state index is 13.0. The largest absolute Gasteiger partial charge is 0.481 e. The quantitative estimate of drug-likeness (QED) is 0.779. The zero-order valence-electron chi connectivity index (χ0n) is 9.31. The van der Waals surface area contributed by atoms with Crippen molar-refractivity contribution in [2.75, 3.05) is 0 Å². The van der Waals surface area contributed by atoms with E-state index in [0.717, 1.165) is 0 Å². The Morgan fingerprint density at radius 3 is 1.94 bits per heavy atom. The molecule has 2 N–H and O–H groups in total. The molecular weight excluding hydrogens is 263 g/mol. The van der Waals surface area contributed by atoms with Crippen LogP contribution in [0, 0.1) is 5.41 Å². The molecule has 0 unspecified atom stereocenters. The summed E-state index contributed by atoms with van der Waals surface area (Å²) in [7, 11) is 0. The number of aliphatic hydroxyl groups is 1. The summed E-state index contributed by atoms with van der Waals surface area (Å²) in [6, 6.07) is 0. The van der Waals surface area contributed by atoms with Crippen LogP contribution in [0.3, 0.4) is 0 Å². The summed E-state index contributed by atoms with van der Waals surface area (Å²) in [4.78, 5) is 11.0. The van der Waals surface area contributed by atoms with Crippen molar-refractivity contribution in [1.29, 1.82) is 0 Å². The monoisotopic (exact) mass is 276 g/mol. The maximum atomic E-state index is 13.0. The Labute approximate surface area is 99.6 Å². The number of aliphatic carboxylic acids is 1. The van der Waals surface area contributed by atoms with Gasteiger partial charge in [0.2, 0.25) is 0 Å². The number of carboxylic acids is 1. The standard InChI is InChI=1S/C10H13F5O3/c11-9(12,10(13,14)15)5-8(7(17)18)3-1-6(16)2-4-8/h6,16H,1-5H2,(H,17,18). The van der Waals surface area contributed by atoms with Gasteiger partial charge in [-0.3, -0.25) is 4.79 Å². The number of carboxylic acid groups (broad SMARTS) is 1. The molecule has 3 nitrogen and oxygen atoms in total. The van der Waals surface area contributed by atoms with E-state index in [-0.39, 0.29) is 25.7 Å². The Morgan fingerprint density at radius 2 is 1.61 bits per heavy atom. The molecule has 106 valence electrons. The summed E-state index contributed by atoms with van der Waals surface area (Å²) in [5.74, 6) is -6.70. The highest BCUT2D eigenvalue weighted by atomic mass is 19.4. The van der Waals surface area contributed by atoms with Gasteiger partial charge in [0.25, 0.3) is 0 Å². The molecule has 0 radical (unpaired) electrons. The molecule has 1 rings (SSSR count). The number of hydrogen-bond acceptors (Lipinski definition) is 2. The van der Waals surface area contributed by atoms with E-state index in [9.17, 15) is 31.9 Å². The van der Waals surface area contributed by atoms with Crippen molar-refractivity contribution in [2.45, 2.75) is 50.3 Å². The second kappa shape index (κ2) is 4.64. The lowest BCUT2D eigenvalue weighted by molar-refractivity contribution is -0.293. The summed E-state index contributed by atoms with van der Waals surface area (Å²) in [6.45, 7) is 0. The van der Waals surface area contributed by atoms with Gasteiger partial charge in [0, 0.05) is 6.42 Å². The van der Waals surface area contributed by atoms with Gasteiger partial charge in [-0.05, 0) is 25.7 Å². The fourth-order valence-corrected chi connectivity index (χ4v) is 2.15. The minimum absolute atomic E-state index is 0.0831. The minimum Gasteiger partial charge on any atom is -0.481 e. The molecule has 1 aliphatic rings. The van der Waals surface area contributed by atoms with E-state index in [4.69, 9.17) is 5.11 Å². The normalized spacial score (nSPS) is 30.2. The Kier molecular flexibility index (Phi) is 3.90. The summed E-state index contributed by atoms with van der Waals surface area (Å²) < 4.78 is 62.3. The van der Waals surface area contributed by atoms with E-state index in [0.29, 0.717) is 0 Å². The van der Waals surface area contributed by atoms with Crippen LogP contribution in [-0.2, 0) is 4.79 Å². The molecule has 0 aromatic heterocycles. The lowest BCUT2D eigenvalue weighted by Gasteiger charge is -2.37. The number of halogens is 5. The molecule has 1 saturated carbocycles. The van der Waals surface area contributed by atoms with Crippen LogP contribution in [0.15, 0.2) is 0 Å². The molecule has 0 saturated heterocycles. The summed E-state index contributed by atoms with van der Waals surface area (Å²) >= 11 is 0. The highest BCUT2D eigenvalue weighted by Gasteiger charge is 2.62. The average molecular weight is 276 g/mol. The molecule has 0 spiro atoms. The van der Waals surface area contributed by atoms with Crippen LogP contribution in [0.25, 0.3) is 0 Å². The smallest absolute Gasteiger partial charge is 0.453 e. The van der Waals surface area contributed by atoms with E-state index in [1.54, 1.807) is 0 Å². The molecular formula is C10H13F5O3. The molecule has 0 bridgehead atoms. The number of alkyl halides is 5. The second-order valence-electron chi connectivity index (χ2n) is 4.70. The van der Waals surface area contributed by atoms with E-state index in [1.165, 1.54) is 0 Å². The van der Waals surface area contributed by atoms with Gasteiger partial charge in [-0.1, -0.05) is 0 Å². The van der Waals surface area contributed by atoms with Crippen molar-refractivity contribution in [3.05, 3.63) is 0 Å². The average Bonchev–Trinajstić information content (AvgIpc) is 2.19. The predicted octanol–water partition coefficient (Wildman–Crippen LogP) is 2.58. The van der Waals surface area contributed by atoms with Crippen molar-refractivity contribution in [2.24, 2.45) is 5.41 Å². The number of carbonyl (C=O) groups is 1. The summed E-state index contributed by atoms with van der Waals surface area (Å²) in [5.41, 5.74) is -2.11. The zero-order valence-corrected chi connectivity index (χ0v) is 9.31. The highest BCUT2D eigenvalue weighted by molar-refractivity contribution is 5.75. The molecule has 0 amide bonds. The predicted molar refractivity (Wildman–Crippen MR) is 50.2 cm³/mol. The fraction of sp³-hybridized carbons (Fsp3) is 0.900. The van der Waals surface area contributed by atoms with Crippen LogP contribution in [0.2, 0.25) is 0 Å². The Balaban J connectivity index is 2.92. The van der Waals surface area contributed by atoms with Crippen molar-refractivity contribution in [1.82, 2.24) is 0 Å². The fourth-order valence-electron chi connectivity index (χ4n) is 2.15. The van der Waals surface area contributed by atoms with Crippen molar-refractivity contribution in [3.8, 4) is 0 Å². The van der Waals surface area contributed by atoms with Gasteiger partial charge in [-0.25, -0.2) is 0 Å². The third-order valence-electron chi connectivity index (χ3n) is 3.34. The molecule has 18 heavy (non-hydrogen) atoms. The third-order valence-corrected chi connectivity index (χ3v) is 3.34. The molecule has 0 aromatic carbocycles. The highest BCUT2D eigenvalue weighted by Crippen LogP contribution is 2.49. The molecule has 0 aromatic rings. The SMILES string of the molecule is O=C(O)C1(CC(F)(F)C(F)(F)F)CCC(O)CC1. The number of rotatable bonds is 3. The first kappa shape index (κ1) is 15.1. The van der Waals surface area contributed by atoms with Crippen molar-refractivity contribution in [3.63, 3.8) is 0 Å². The summed E-state index contributed by atoms with van der Waals surface area (Å²) in [5, 5.41) is 18.1. The van der Waals surface area contributed by atoms with E-state index in [1.807, 2.05) is 0 Å². The van der Waals surface area contributed by atoms with Crippen LogP contribution in [-0.4, -0.2) is 34.4 Å². The third kappa shape index (κ3) is 2.90. The van der Waals surface area contributed by atoms with Crippen LogP contribution in [0.5, 0.6) is 0 Å². The molecule has 8 heteroatoms. The van der Waals surface area contributed by atoms with Gasteiger partial charge in [0.15, 0.2) is 0 Å². The molecule has 1 fully saturated rings. The first-order valence-corrected chi connectivity index (χ1v) is 5.36. The van der Waals surface area contributed by atoms with Gasteiger partial charge in [0.05, 0.1) is 11.5 Å². The van der Waals surface area contributed by atoms with Gasteiger partial charge in [-0.15, -0.1) is 0 Å². The van der Waals surface area contributed by atoms with E-state index >= 15 is 0 Å². The second-order valence-corrected chi connectivity index (χ2v) is 4.70. The van der Waals surface area contributed by atoms with Gasteiger partial charge < -0.3 is 10.2 Å². The number of hydrogen-bond donors (Lipinski definition) is 2. The van der Waals surface area contributed by atoms with Crippen molar-refractivity contribution >= 4 is 5.97 Å². The molecule has 0 heterocycles. The molecule has 0 aliphatic heterocycles. The zero-order chi connectivity index (χ0) is 14.2. The number of aliphatic hydroxyl groups excluding tert-OH is 1. The minimum atomic E-state index is -5.76. The molecule has 0 atom stereocenters. The van der Waals surface area contributed by atoms with E-state index in [2.05, 4.69) is 0 Å². The van der Waals surface area contributed by atoms with Crippen LogP contribution >= 0.6 is 0 Å². The first-order chi connectivity index (χ1) is 8.00. The molecule has 1 aliphatic carbocycles. The van der Waals surface area contributed by atoms with Crippen molar-refractivity contribution < 1.29 is 37.0 Å². The summed E-state index contributed by atoms with van der Waals surface area (Å²) in [6.07, 6.45) is -9.29. The van der Waals surface area contributed by atoms with Gasteiger partial charge in [-0.2, -0.15) is 22.0 Å². The van der Waals surface area contributed by atoms with Crippen LogP contribution in [0.4, 0.5) is 22.0 Å². The Morgan fingerprint density at radius 1 is 1.17 bits per heavy atom.